The molecule has 0 aliphatic carbocycles. The van der Waals surface area contributed by atoms with Gasteiger partial charge in [0.1, 0.15) is 11.7 Å². The van der Waals surface area contributed by atoms with Crippen LogP contribution in [0.25, 0.3) is 0 Å². The van der Waals surface area contributed by atoms with Crippen molar-refractivity contribution in [3.05, 3.63) is 65.7 Å². The van der Waals surface area contributed by atoms with Gasteiger partial charge in [-0.3, -0.25) is 4.79 Å². The molecule has 2 aromatic rings. The van der Waals surface area contributed by atoms with Crippen LogP contribution in [-0.2, 0) is 9.53 Å². The van der Waals surface area contributed by atoms with Crippen molar-refractivity contribution in [2.45, 2.75) is 12.8 Å². The van der Waals surface area contributed by atoms with Crippen molar-refractivity contribution in [2.75, 3.05) is 6.61 Å². The summed E-state index contributed by atoms with van der Waals surface area (Å²) in [6.45, 7) is 2.14. The second-order valence-electron chi connectivity index (χ2n) is 4.19. The molecular formula is C16H16O3. The van der Waals surface area contributed by atoms with Gasteiger partial charge >= 0.3 is 5.97 Å². The number of esters is 1. The molecular weight excluding hydrogens is 240 g/mol. The molecule has 98 valence electrons. The summed E-state index contributed by atoms with van der Waals surface area (Å²) in [5, 5.41) is 9.33. The molecule has 0 aliphatic rings. The molecule has 0 bridgehead atoms. The second-order valence-corrected chi connectivity index (χ2v) is 4.19. The summed E-state index contributed by atoms with van der Waals surface area (Å²) in [4.78, 5) is 12.1. The fraction of sp³-hybridized carbons (Fsp3) is 0.188. The molecule has 0 spiro atoms. The lowest BCUT2D eigenvalue weighted by Gasteiger charge is -2.16. The van der Waals surface area contributed by atoms with Gasteiger partial charge in [-0.2, -0.15) is 0 Å². The Kier molecular flexibility index (Phi) is 4.18. The topological polar surface area (TPSA) is 46.5 Å². The molecule has 3 heteroatoms. The molecule has 0 aliphatic heterocycles. The van der Waals surface area contributed by atoms with Crippen molar-refractivity contribution in [3.8, 4) is 5.75 Å². The molecule has 0 amide bonds. The van der Waals surface area contributed by atoms with Gasteiger partial charge in [0, 0.05) is 0 Å². The van der Waals surface area contributed by atoms with Crippen molar-refractivity contribution in [1.82, 2.24) is 0 Å². The zero-order valence-corrected chi connectivity index (χ0v) is 10.7. The smallest absolute Gasteiger partial charge is 0.317 e. The number of hydrogen-bond acceptors (Lipinski definition) is 3. The van der Waals surface area contributed by atoms with Gasteiger partial charge in [-0.1, -0.05) is 42.5 Å². The lowest BCUT2D eigenvalue weighted by atomic mass is 9.91. The third kappa shape index (κ3) is 3.13. The van der Waals surface area contributed by atoms with E-state index in [0.717, 1.165) is 11.1 Å². The number of hydrogen-bond donors (Lipinski definition) is 1. The number of carbonyl (C=O) groups excluding carboxylic acids is 1. The van der Waals surface area contributed by atoms with Crippen LogP contribution in [0.1, 0.15) is 24.0 Å². The van der Waals surface area contributed by atoms with Gasteiger partial charge in [0.05, 0.1) is 6.61 Å². The van der Waals surface area contributed by atoms with Crippen LogP contribution in [0.2, 0.25) is 0 Å². The van der Waals surface area contributed by atoms with E-state index >= 15 is 0 Å². The molecule has 2 aromatic carbocycles. The van der Waals surface area contributed by atoms with Gasteiger partial charge in [-0.25, -0.2) is 0 Å². The van der Waals surface area contributed by atoms with E-state index in [2.05, 4.69) is 0 Å². The number of ether oxygens (including phenoxy) is 1. The van der Waals surface area contributed by atoms with Crippen LogP contribution in [-0.4, -0.2) is 17.7 Å². The molecule has 1 N–H and O–H groups in total. The summed E-state index contributed by atoms with van der Waals surface area (Å²) >= 11 is 0. The third-order valence-electron chi connectivity index (χ3n) is 2.88. The molecule has 19 heavy (non-hydrogen) atoms. The average molecular weight is 256 g/mol. The van der Waals surface area contributed by atoms with Crippen LogP contribution in [0, 0.1) is 0 Å². The number of benzene rings is 2. The van der Waals surface area contributed by atoms with Gasteiger partial charge in [-0.15, -0.1) is 0 Å². The second kappa shape index (κ2) is 6.05. The van der Waals surface area contributed by atoms with E-state index in [-0.39, 0.29) is 11.7 Å². The monoisotopic (exact) mass is 256 g/mol. The Bertz CT molecular complexity index is 532. The fourth-order valence-electron chi connectivity index (χ4n) is 2.00. The number of phenolic OH excluding ortho intramolecular Hbond substituents is 1. The number of aromatic hydroxyl groups is 1. The molecule has 0 saturated heterocycles. The number of phenols is 1. The summed E-state index contributed by atoms with van der Waals surface area (Å²) in [6.07, 6.45) is 0. The Labute approximate surface area is 112 Å². The molecule has 2 rings (SSSR count). The minimum Gasteiger partial charge on any atom is -0.508 e. The molecule has 1 atom stereocenters. The Balaban J connectivity index is 2.40. The van der Waals surface area contributed by atoms with Crippen LogP contribution in [0.4, 0.5) is 0 Å². The van der Waals surface area contributed by atoms with E-state index in [9.17, 15) is 9.90 Å². The fourth-order valence-corrected chi connectivity index (χ4v) is 2.00. The number of carbonyl (C=O) groups is 1. The summed E-state index contributed by atoms with van der Waals surface area (Å²) < 4.78 is 5.14. The van der Waals surface area contributed by atoms with E-state index in [0.29, 0.717) is 6.61 Å². The molecule has 0 saturated carbocycles. The molecule has 0 aromatic heterocycles. The highest BCUT2D eigenvalue weighted by Gasteiger charge is 2.23. The lowest BCUT2D eigenvalue weighted by Crippen LogP contribution is -2.17. The van der Waals surface area contributed by atoms with E-state index in [1.807, 2.05) is 30.3 Å². The molecule has 0 heterocycles. The van der Waals surface area contributed by atoms with Crippen LogP contribution in [0.15, 0.2) is 54.6 Å². The normalized spacial score (nSPS) is 11.8. The van der Waals surface area contributed by atoms with Gasteiger partial charge in [-0.05, 0) is 30.2 Å². The van der Waals surface area contributed by atoms with Gasteiger partial charge in [0.15, 0.2) is 0 Å². The standard InChI is InChI=1S/C16H16O3/c1-2-19-16(18)15(12-6-4-3-5-7-12)13-8-10-14(17)11-9-13/h3-11,15,17H,2H2,1H3. The predicted molar refractivity (Wildman–Crippen MR) is 73.0 cm³/mol. The minimum atomic E-state index is -0.457. The molecule has 1 unspecified atom stereocenters. The van der Waals surface area contributed by atoms with Gasteiger partial charge in [0.2, 0.25) is 0 Å². The first-order valence-corrected chi connectivity index (χ1v) is 6.23. The minimum absolute atomic E-state index is 0.180. The molecule has 3 nitrogen and oxygen atoms in total. The van der Waals surface area contributed by atoms with Crippen LogP contribution in [0.3, 0.4) is 0 Å². The maximum Gasteiger partial charge on any atom is 0.317 e. The summed E-state index contributed by atoms with van der Waals surface area (Å²) in [6, 6.07) is 16.1. The zero-order chi connectivity index (χ0) is 13.7. The molecule has 0 radical (unpaired) electrons. The summed E-state index contributed by atoms with van der Waals surface area (Å²) in [5.41, 5.74) is 1.69. The zero-order valence-electron chi connectivity index (χ0n) is 10.7. The van der Waals surface area contributed by atoms with Crippen molar-refractivity contribution in [3.63, 3.8) is 0 Å². The Morgan fingerprint density at radius 3 is 2.21 bits per heavy atom. The predicted octanol–water partition coefficient (Wildman–Crippen LogP) is 3.09. The van der Waals surface area contributed by atoms with Gasteiger partial charge in [0.25, 0.3) is 0 Å². The highest BCUT2D eigenvalue weighted by Crippen LogP contribution is 2.27. The van der Waals surface area contributed by atoms with E-state index in [4.69, 9.17) is 4.74 Å². The van der Waals surface area contributed by atoms with Crippen LogP contribution >= 0.6 is 0 Å². The van der Waals surface area contributed by atoms with E-state index in [1.165, 1.54) is 0 Å². The Morgan fingerprint density at radius 1 is 1.05 bits per heavy atom. The highest BCUT2D eigenvalue weighted by atomic mass is 16.5. The largest absolute Gasteiger partial charge is 0.508 e. The summed E-state index contributed by atoms with van der Waals surface area (Å²) in [5.74, 6) is -0.555. The first kappa shape index (κ1) is 13.1. The third-order valence-corrected chi connectivity index (χ3v) is 2.88. The first-order chi connectivity index (χ1) is 9.22. The Morgan fingerprint density at radius 2 is 1.63 bits per heavy atom. The first-order valence-electron chi connectivity index (χ1n) is 6.23. The maximum absolute atomic E-state index is 12.1. The van der Waals surface area contributed by atoms with Crippen molar-refractivity contribution in [2.24, 2.45) is 0 Å². The van der Waals surface area contributed by atoms with Gasteiger partial charge < -0.3 is 9.84 Å². The molecule has 0 fully saturated rings. The average Bonchev–Trinajstić information content (AvgIpc) is 2.43. The van der Waals surface area contributed by atoms with Crippen molar-refractivity contribution >= 4 is 5.97 Å². The van der Waals surface area contributed by atoms with Crippen LogP contribution in [0.5, 0.6) is 5.75 Å². The SMILES string of the molecule is CCOC(=O)C(c1ccccc1)c1ccc(O)cc1. The summed E-state index contributed by atoms with van der Waals surface area (Å²) in [7, 11) is 0. The maximum atomic E-state index is 12.1. The van der Waals surface area contributed by atoms with E-state index in [1.54, 1.807) is 31.2 Å². The van der Waals surface area contributed by atoms with Crippen molar-refractivity contribution < 1.29 is 14.6 Å². The van der Waals surface area contributed by atoms with Crippen molar-refractivity contribution in [1.29, 1.82) is 0 Å². The lowest BCUT2D eigenvalue weighted by molar-refractivity contribution is -0.143. The van der Waals surface area contributed by atoms with E-state index < -0.39 is 5.92 Å². The highest BCUT2D eigenvalue weighted by molar-refractivity contribution is 5.82. The quantitative estimate of drug-likeness (QED) is 0.855. The number of rotatable bonds is 4. The van der Waals surface area contributed by atoms with Crippen LogP contribution < -0.4 is 0 Å². The Hall–Kier alpha value is -2.29.